The Bertz CT molecular complexity index is 1640. The van der Waals surface area contributed by atoms with Crippen LogP contribution >= 0.6 is 23.2 Å². The number of methoxy groups -OCH3 is 2. The maximum atomic E-state index is 10.3. The van der Waals surface area contributed by atoms with Gasteiger partial charge in [-0.05, 0) is 52.7 Å². The molecule has 14 nitrogen and oxygen atoms in total. The lowest BCUT2D eigenvalue weighted by Crippen LogP contribution is -2.31. The summed E-state index contributed by atoms with van der Waals surface area (Å²) in [5.74, 6) is -1.09. The molecule has 16 heteroatoms. The number of aliphatic hydroxyl groups is 4. The molecule has 8 atom stereocenters. The van der Waals surface area contributed by atoms with E-state index in [4.69, 9.17) is 42.1 Å². The van der Waals surface area contributed by atoms with E-state index >= 15 is 0 Å². The molecular formula is C31H44Cl2N6O8. The van der Waals surface area contributed by atoms with Crippen molar-refractivity contribution in [1.29, 1.82) is 0 Å². The predicted octanol–water partition coefficient (Wildman–Crippen LogP) is 3.67. The molecule has 0 radical (unpaired) electrons. The Morgan fingerprint density at radius 2 is 1.23 bits per heavy atom. The Morgan fingerprint density at radius 3 is 1.68 bits per heavy atom. The topological polar surface area (TPSA) is 179 Å². The molecule has 0 spiro atoms. The van der Waals surface area contributed by atoms with Crippen LogP contribution in [0.3, 0.4) is 0 Å². The van der Waals surface area contributed by atoms with E-state index in [1.54, 1.807) is 31.0 Å². The third-order valence-corrected chi connectivity index (χ3v) is 9.25. The minimum absolute atomic E-state index is 0. The molecule has 0 aromatic carbocycles. The summed E-state index contributed by atoms with van der Waals surface area (Å²) in [6.45, 7) is 7.43. The summed E-state index contributed by atoms with van der Waals surface area (Å²) in [4.78, 5) is 16.3. The Morgan fingerprint density at radius 1 is 0.766 bits per heavy atom. The Kier molecular flexibility index (Phi) is 11.5. The van der Waals surface area contributed by atoms with E-state index in [2.05, 4.69) is 19.9 Å². The molecular weight excluding hydrogens is 655 g/mol. The Labute approximate surface area is 283 Å². The zero-order chi connectivity index (χ0) is 33.6. The van der Waals surface area contributed by atoms with Crippen LogP contribution in [0.15, 0.2) is 37.2 Å². The number of aliphatic hydroxyl groups excluding tert-OH is 4. The number of hydrogen-bond donors (Lipinski definition) is 4. The second-order valence-electron chi connectivity index (χ2n) is 12.3. The van der Waals surface area contributed by atoms with E-state index in [9.17, 15) is 20.4 Å². The number of fused-ring (bicyclic) bond motifs is 3. The number of aromatic nitrogens is 6. The zero-order valence-electron chi connectivity index (χ0n) is 26.4. The summed E-state index contributed by atoms with van der Waals surface area (Å²) in [5.41, 5.74) is 1.33. The minimum atomic E-state index is -1.13. The van der Waals surface area contributed by atoms with Crippen molar-refractivity contribution >= 4 is 45.3 Å². The van der Waals surface area contributed by atoms with Crippen LogP contribution in [-0.2, 0) is 18.9 Å². The van der Waals surface area contributed by atoms with Crippen molar-refractivity contribution in [2.45, 2.75) is 108 Å². The van der Waals surface area contributed by atoms with Crippen LogP contribution in [0.1, 0.15) is 60.0 Å². The van der Waals surface area contributed by atoms with Crippen LogP contribution in [0, 0.1) is 0 Å². The lowest BCUT2D eigenvalue weighted by atomic mass is 10.2. The molecule has 7 rings (SSSR count). The summed E-state index contributed by atoms with van der Waals surface area (Å²) < 4.78 is 25.2. The molecule has 3 aliphatic rings. The van der Waals surface area contributed by atoms with Crippen LogP contribution in [0.4, 0.5) is 0 Å². The fraction of sp³-hybridized carbons (Fsp3) is 0.613. The van der Waals surface area contributed by atoms with Gasteiger partial charge in [0.05, 0.1) is 35.1 Å². The SMILES string of the molecule is C.CC1(C)O[C@@H]2[C@H](O1)[C@@H](O)C[C@H]2n1ccc2c(Cl)ncnc21.COC(C)(C)OC.O[C@@H]1[C@H](O)[C@@H](O)C[C@H]1n1ccc2c(Cl)ncnc21. The fourth-order valence-corrected chi connectivity index (χ4v) is 6.34. The molecule has 0 amide bonds. The van der Waals surface area contributed by atoms with Crippen LogP contribution in [-0.4, -0.2) is 112 Å². The molecule has 2 saturated carbocycles. The van der Waals surface area contributed by atoms with Gasteiger partial charge in [0, 0.05) is 26.6 Å². The molecule has 47 heavy (non-hydrogen) atoms. The largest absolute Gasteiger partial charge is 0.390 e. The van der Waals surface area contributed by atoms with Crippen molar-refractivity contribution in [1.82, 2.24) is 29.1 Å². The molecule has 1 aliphatic heterocycles. The van der Waals surface area contributed by atoms with Gasteiger partial charge in [-0.1, -0.05) is 30.6 Å². The summed E-state index contributed by atoms with van der Waals surface area (Å²) in [6, 6.07) is 3.19. The number of rotatable bonds is 4. The molecule has 260 valence electrons. The van der Waals surface area contributed by atoms with Gasteiger partial charge in [0.15, 0.2) is 11.6 Å². The highest BCUT2D eigenvalue weighted by atomic mass is 35.5. The first-order chi connectivity index (χ1) is 21.7. The maximum absolute atomic E-state index is 10.3. The monoisotopic (exact) mass is 698 g/mol. The van der Waals surface area contributed by atoms with Crippen molar-refractivity contribution < 1.29 is 39.4 Å². The molecule has 4 aromatic rings. The molecule has 2 aliphatic carbocycles. The number of nitrogens with zero attached hydrogens (tertiary/aromatic N) is 6. The maximum Gasteiger partial charge on any atom is 0.164 e. The summed E-state index contributed by atoms with van der Waals surface area (Å²) in [6.07, 6.45) is 3.13. The first-order valence-electron chi connectivity index (χ1n) is 14.8. The first kappa shape index (κ1) is 37.3. The van der Waals surface area contributed by atoms with Crippen LogP contribution in [0.5, 0.6) is 0 Å². The van der Waals surface area contributed by atoms with Gasteiger partial charge >= 0.3 is 0 Å². The van der Waals surface area contributed by atoms with Crippen molar-refractivity contribution in [2.75, 3.05) is 14.2 Å². The highest BCUT2D eigenvalue weighted by molar-refractivity contribution is 6.34. The van der Waals surface area contributed by atoms with Crippen molar-refractivity contribution in [3.8, 4) is 0 Å². The number of hydrogen-bond acceptors (Lipinski definition) is 12. The average molecular weight is 700 g/mol. The van der Waals surface area contributed by atoms with Gasteiger partial charge in [0.2, 0.25) is 0 Å². The first-order valence-corrected chi connectivity index (χ1v) is 15.6. The minimum Gasteiger partial charge on any atom is -0.390 e. The Balaban J connectivity index is 0.000000176. The standard InChI is InChI=1S/C14H16ClN3O3.C11H12ClN3O3.C5H12O2.CH4/c1-14(2)20-10-8(5-9(19)11(10)21-14)18-4-3-7-12(15)16-6-17-13(7)18;12-10-5-1-2-15(11(5)14-4-13-10)6-3-7(16)9(18)8(6)17;1-5(2,6-3)7-4;/h3-4,6,8-11,19H,5H2,1-2H3;1-2,4,6-9,16-18H,3H2;1-4H3;1H4/t8-,9+,10+,11-;6-,7+,8+,9-;;/m11../s1. The quantitative estimate of drug-likeness (QED) is 0.180. The van der Waals surface area contributed by atoms with E-state index in [1.165, 1.54) is 12.7 Å². The second kappa shape index (κ2) is 14.5. The van der Waals surface area contributed by atoms with Crippen molar-refractivity contribution in [3.63, 3.8) is 0 Å². The van der Waals surface area contributed by atoms with Crippen molar-refractivity contribution in [3.05, 3.63) is 47.5 Å². The van der Waals surface area contributed by atoms with E-state index in [-0.39, 0.29) is 32.1 Å². The van der Waals surface area contributed by atoms with Gasteiger partial charge in [0.25, 0.3) is 0 Å². The molecule has 5 heterocycles. The fourth-order valence-electron chi connectivity index (χ4n) is 5.96. The Hall–Kier alpha value is -2.50. The smallest absolute Gasteiger partial charge is 0.164 e. The average Bonchev–Trinajstić information content (AvgIpc) is 3.82. The van der Waals surface area contributed by atoms with Crippen LogP contribution in [0.2, 0.25) is 10.3 Å². The highest BCUT2D eigenvalue weighted by Crippen LogP contribution is 2.45. The van der Waals surface area contributed by atoms with Gasteiger partial charge in [-0.2, -0.15) is 0 Å². The lowest BCUT2D eigenvalue weighted by molar-refractivity contribution is -0.178. The van der Waals surface area contributed by atoms with Gasteiger partial charge < -0.3 is 48.5 Å². The third-order valence-electron chi connectivity index (χ3n) is 8.65. The molecule has 4 N–H and O–H groups in total. The summed E-state index contributed by atoms with van der Waals surface area (Å²) >= 11 is 12.0. The molecule has 1 saturated heterocycles. The molecule has 3 fully saturated rings. The van der Waals surface area contributed by atoms with Crippen LogP contribution < -0.4 is 0 Å². The van der Waals surface area contributed by atoms with Crippen LogP contribution in [0.25, 0.3) is 22.1 Å². The molecule has 0 unspecified atom stereocenters. The van der Waals surface area contributed by atoms with E-state index in [1.807, 2.05) is 44.5 Å². The lowest BCUT2D eigenvalue weighted by Gasteiger charge is -2.23. The van der Waals surface area contributed by atoms with Crippen molar-refractivity contribution in [2.24, 2.45) is 0 Å². The summed E-state index contributed by atoms with van der Waals surface area (Å²) in [5, 5.41) is 41.6. The number of halogens is 2. The van der Waals surface area contributed by atoms with Gasteiger partial charge in [-0.3, -0.25) is 0 Å². The highest BCUT2D eigenvalue weighted by Gasteiger charge is 2.54. The number of ether oxygens (including phenoxy) is 4. The molecule has 0 bridgehead atoms. The third kappa shape index (κ3) is 7.57. The second-order valence-corrected chi connectivity index (χ2v) is 13.1. The van der Waals surface area contributed by atoms with Gasteiger partial charge in [-0.15, -0.1) is 0 Å². The normalized spacial score (nSPS) is 29.5. The van der Waals surface area contributed by atoms with Gasteiger partial charge in [-0.25, -0.2) is 19.9 Å². The van der Waals surface area contributed by atoms with E-state index in [0.717, 1.165) is 11.0 Å². The summed E-state index contributed by atoms with van der Waals surface area (Å²) in [7, 11) is 3.23. The van der Waals surface area contributed by atoms with E-state index in [0.29, 0.717) is 27.8 Å². The molecule has 4 aromatic heterocycles. The van der Waals surface area contributed by atoms with Gasteiger partial charge in [0.1, 0.15) is 58.7 Å². The zero-order valence-corrected chi connectivity index (χ0v) is 27.9. The predicted molar refractivity (Wildman–Crippen MR) is 175 cm³/mol. The van der Waals surface area contributed by atoms with E-state index < -0.39 is 42.0 Å².